The second-order valence-electron chi connectivity index (χ2n) is 4.12. The maximum absolute atomic E-state index is 12.7. The molecule has 2 N–H and O–H groups in total. The smallest absolute Gasteiger partial charge is 0.230 e. The summed E-state index contributed by atoms with van der Waals surface area (Å²) in [5.41, 5.74) is 0.807. The quantitative estimate of drug-likeness (QED) is 0.807. The van der Waals surface area contributed by atoms with Gasteiger partial charge < -0.3 is 10.4 Å². The Morgan fingerprint density at radius 3 is 2.75 bits per heavy atom. The maximum Gasteiger partial charge on any atom is 0.230 e. The zero-order chi connectivity index (χ0) is 14.4. The Balaban J connectivity index is 1.71. The van der Waals surface area contributed by atoms with E-state index in [-0.39, 0.29) is 24.0 Å². The lowest BCUT2D eigenvalue weighted by Crippen LogP contribution is -2.29. The van der Waals surface area contributed by atoms with Gasteiger partial charge in [-0.05, 0) is 46.7 Å². The number of thiophene rings is 1. The molecule has 2 aromatic rings. The highest BCUT2D eigenvalue weighted by atomic mass is 32.2. The molecule has 2 rings (SSSR count). The molecule has 0 saturated heterocycles. The SMILES string of the molecule is O=C(CSc1ccc(F)cc1)NC[C@H](O)c1ccsc1. The molecule has 1 amide bonds. The number of halogens is 1. The average Bonchev–Trinajstić information content (AvgIpc) is 2.98. The van der Waals surface area contributed by atoms with Crippen LogP contribution >= 0.6 is 23.1 Å². The van der Waals surface area contributed by atoms with E-state index in [0.29, 0.717) is 0 Å². The van der Waals surface area contributed by atoms with Crippen LogP contribution in [0.4, 0.5) is 4.39 Å². The van der Waals surface area contributed by atoms with Crippen LogP contribution in [0, 0.1) is 5.82 Å². The van der Waals surface area contributed by atoms with Crippen molar-refractivity contribution in [3.05, 3.63) is 52.5 Å². The lowest BCUT2D eigenvalue weighted by molar-refractivity contribution is -0.119. The first-order valence-electron chi connectivity index (χ1n) is 6.00. The zero-order valence-corrected chi connectivity index (χ0v) is 12.2. The van der Waals surface area contributed by atoms with Gasteiger partial charge in [0.15, 0.2) is 0 Å². The highest BCUT2D eigenvalue weighted by molar-refractivity contribution is 8.00. The summed E-state index contributed by atoms with van der Waals surface area (Å²) in [6.07, 6.45) is -0.680. The van der Waals surface area contributed by atoms with Crippen molar-refractivity contribution in [2.75, 3.05) is 12.3 Å². The van der Waals surface area contributed by atoms with Gasteiger partial charge in [-0.25, -0.2) is 4.39 Å². The zero-order valence-electron chi connectivity index (χ0n) is 10.6. The average molecular weight is 311 g/mol. The van der Waals surface area contributed by atoms with Crippen LogP contribution in [-0.4, -0.2) is 23.3 Å². The molecule has 0 spiro atoms. The summed E-state index contributed by atoms with van der Waals surface area (Å²) < 4.78 is 12.7. The molecule has 0 saturated carbocycles. The molecule has 0 bridgehead atoms. The van der Waals surface area contributed by atoms with Crippen molar-refractivity contribution in [3.8, 4) is 0 Å². The standard InChI is InChI=1S/C14H14FNO2S2/c15-11-1-3-12(4-2-11)20-9-14(18)16-7-13(17)10-5-6-19-8-10/h1-6,8,13,17H,7,9H2,(H,16,18)/t13-/m0/s1. The van der Waals surface area contributed by atoms with Gasteiger partial charge in [0.2, 0.25) is 5.91 Å². The topological polar surface area (TPSA) is 49.3 Å². The minimum atomic E-state index is -0.680. The van der Waals surface area contributed by atoms with Gasteiger partial charge in [0, 0.05) is 11.4 Å². The minimum Gasteiger partial charge on any atom is -0.387 e. The number of hydrogen-bond acceptors (Lipinski definition) is 4. The van der Waals surface area contributed by atoms with E-state index in [2.05, 4.69) is 5.32 Å². The third kappa shape index (κ3) is 4.63. The fourth-order valence-corrected chi connectivity index (χ4v) is 2.96. The Kier molecular flexibility index (Phi) is 5.58. The van der Waals surface area contributed by atoms with Crippen LogP contribution in [0.25, 0.3) is 0 Å². The molecular weight excluding hydrogens is 297 g/mol. The van der Waals surface area contributed by atoms with Crippen molar-refractivity contribution in [1.82, 2.24) is 5.32 Å². The number of thioether (sulfide) groups is 1. The molecule has 0 fully saturated rings. The molecule has 1 heterocycles. The number of carbonyl (C=O) groups is 1. The number of carbonyl (C=O) groups excluding carboxylic acids is 1. The van der Waals surface area contributed by atoms with Crippen LogP contribution in [0.1, 0.15) is 11.7 Å². The van der Waals surface area contributed by atoms with E-state index in [1.165, 1.54) is 35.2 Å². The summed E-state index contributed by atoms with van der Waals surface area (Å²) in [6.45, 7) is 0.194. The van der Waals surface area contributed by atoms with E-state index in [9.17, 15) is 14.3 Å². The van der Waals surface area contributed by atoms with Gasteiger partial charge in [0.05, 0.1) is 11.9 Å². The van der Waals surface area contributed by atoms with Crippen LogP contribution in [0.15, 0.2) is 46.0 Å². The molecule has 20 heavy (non-hydrogen) atoms. The summed E-state index contributed by atoms with van der Waals surface area (Å²) in [5.74, 6) is -0.214. The van der Waals surface area contributed by atoms with E-state index in [0.717, 1.165) is 10.5 Å². The van der Waals surface area contributed by atoms with Crippen LogP contribution in [-0.2, 0) is 4.79 Å². The second kappa shape index (κ2) is 7.42. The first-order chi connectivity index (χ1) is 9.65. The summed E-state index contributed by atoms with van der Waals surface area (Å²) in [6, 6.07) is 7.82. The Morgan fingerprint density at radius 2 is 2.10 bits per heavy atom. The predicted octanol–water partition coefficient (Wildman–Crippen LogP) is 2.83. The number of nitrogens with one attached hydrogen (secondary N) is 1. The van der Waals surface area contributed by atoms with E-state index < -0.39 is 6.10 Å². The number of amides is 1. The van der Waals surface area contributed by atoms with Crippen molar-refractivity contribution in [2.24, 2.45) is 0 Å². The number of rotatable bonds is 6. The van der Waals surface area contributed by atoms with Crippen LogP contribution in [0.3, 0.4) is 0 Å². The normalized spacial score (nSPS) is 12.1. The maximum atomic E-state index is 12.7. The van der Waals surface area contributed by atoms with E-state index in [4.69, 9.17) is 0 Å². The van der Waals surface area contributed by atoms with Crippen LogP contribution in [0.5, 0.6) is 0 Å². The molecule has 1 aromatic heterocycles. The van der Waals surface area contributed by atoms with Gasteiger partial charge in [-0.15, -0.1) is 11.8 Å². The highest BCUT2D eigenvalue weighted by Gasteiger charge is 2.10. The fourth-order valence-electron chi connectivity index (χ4n) is 1.52. The van der Waals surface area contributed by atoms with E-state index in [1.807, 2.05) is 16.8 Å². The predicted molar refractivity (Wildman–Crippen MR) is 79.4 cm³/mol. The van der Waals surface area contributed by atoms with Gasteiger partial charge in [0.25, 0.3) is 0 Å². The van der Waals surface area contributed by atoms with Crippen LogP contribution in [0.2, 0.25) is 0 Å². The van der Waals surface area contributed by atoms with Crippen LogP contribution < -0.4 is 5.32 Å². The van der Waals surface area contributed by atoms with Gasteiger partial charge in [-0.2, -0.15) is 11.3 Å². The van der Waals surface area contributed by atoms with Gasteiger partial charge >= 0.3 is 0 Å². The van der Waals surface area contributed by atoms with Crippen molar-refractivity contribution in [1.29, 1.82) is 0 Å². The molecule has 1 aromatic carbocycles. The molecule has 0 aliphatic rings. The van der Waals surface area contributed by atoms with Crippen molar-refractivity contribution < 1.29 is 14.3 Å². The first kappa shape index (κ1) is 15.0. The van der Waals surface area contributed by atoms with Gasteiger partial charge in [-0.1, -0.05) is 0 Å². The first-order valence-corrected chi connectivity index (χ1v) is 7.93. The van der Waals surface area contributed by atoms with Crippen molar-refractivity contribution in [2.45, 2.75) is 11.0 Å². The third-order valence-electron chi connectivity index (χ3n) is 2.60. The number of aliphatic hydroxyl groups is 1. The van der Waals surface area contributed by atoms with Gasteiger partial charge in [-0.3, -0.25) is 4.79 Å². The molecule has 1 atom stereocenters. The molecule has 0 aliphatic carbocycles. The molecule has 6 heteroatoms. The van der Waals surface area contributed by atoms with E-state index >= 15 is 0 Å². The Morgan fingerprint density at radius 1 is 1.35 bits per heavy atom. The summed E-state index contributed by atoms with van der Waals surface area (Å²) in [5, 5.41) is 16.2. The number of hydrogen-bond donors (Lipinski definition) is 2. The molecular formula is C14H14FNO2S2. The van der Waals surface area contributed by atoms with Crippen molar-refractivity contribution in [3.63, 3.8) is 0 Å². The molecule has 3 nitrogen and oxygen atoms in total. The second-order valence-corrected chi connectivity index (χ2v) is 5.95. The largest absolute Gasteiger partial charge is 0.387 e. The molecule has 0 unspecified atom stereocenters. The summed E-state index contributed by atoms with van der Waals surface area (Å²) in [7, 11) is 0. The Hall–Kier alpha value is -1.37. The lowest BCUT2D eigenvalue weighted by Gasteiger charge is -2.10. The molecule has 106 valence electrons. The monoisotopic (exact) mass is 311 g/mol. The van der Waals surface area contributed by atoms with Gasteiger partial charge in [0.1, 0.15) is 5.82 Å². The lowest BCUT2D eigenvalue weighted by atomic mass is 10.2. The molecule has 0 radical (unpaired) electrons. The summed E-state index contributed by atoms with van der Waals surface area (Å²) >= 11 is 2.83. The summed E-state index contributed by atoms with van der Waals surface area (Å²) in [4.78, 5) is 12.5. The highest BCUT2D eigenvalue weighted by Crippen LogP contribution is 2.18. The third-order valence-corrected chi connectivity index (χ3v) is 4.32. The number of benzene rings is 1. The number of aliphatic hydroxyl groups excluding tert-OH is 1. The molecule has 0 aliphatic heterocycles. The fraction of sp³-hybridized carbons (Fsp3) is 0.214. The van der Waals surface area contributed by atoms with E-state index in [1.54, 1.807) is 12.1 Å². The Labute approximate surface area is 124 Å². The van der Waals surface area contributed by atoms with Crippen molar-refractivity contribution >= 4 is 29.0 Å². The Bertz CT molecular complexity index is 543. The minimum absolute atomic E-state index is 0.159.